The molecule has 0 bridgehead atoms. The van der Waals surface area contributed by atoms with Gasteiger partial charge in [-0.2, -0.15) is 0 Å². The summed E-state index contributed by atoms with van der Waals surface area (Å²) < 4.78 is 10.9. The predicted molar refractivity (Wildman–Crippen MR) is 82.7 cm³/mol. The predicted octanol–water partition coefficient (Wildman–Crippen LogP) is 2.73. The summed E-state index contributed by atoms with van der Waals surface area (Å²) in [4.78, 5) is 16.1. The van der Waals surface area contributed by atoms with Crippen LogP contribution in [-0.2, 0) is 11.2 Å². The number of methoxy groups -OCH3 is 1. The molecule has 0 radical (unpaired) electrons. The van der Waals surface area contributed by atoms with Crippen molar-refractivity contribution in [3.63, 3.8) is 0 Å². The first-order valence-electron chi connectivity index (χ1n) is 7.56. The molecule has 5 heteroatoms. The smallest absolute Gasteiger partial charge is 0.226 e. The third-order valence-corrected chi connectivity index (χ3v) is 3.84. The number of nitrogens with zero attached hydrogens (tertiary/aromatic N) is 1. The van der Waals surface area contributed by atoms with E-state index in [9.17, 15) is 4.79 Å². The Labute approximate surface area is 129 Å². The number of rotatable bonds is 6. The second-order valence-corrected chi connectivity index (χ2v) is 5.57. The molecule has 5 nitrogen and oxygen atoms in total. The lowest BCUT2D eigenvalue weighted by atomic mass is 10.2. The third kappa shape index (κ3) is 3.30. The Morgan fingerprint density at radius 3 is 2.73 bits per heavy atom. The number of carbonyl (C=O) groups is 1. The minimum atomic E-state index is 0.163. The monoisotopic (exact) mass is 300 g/mol. The Balaban J connectivity index is 1.63. The molecule has 0 aliphatic heterocycles. The molecule has 1 aromatic heterocycles. The van der Waals surface area contributed by atoms with E-state index in [0.717, 1.165) is 35.6 Å². The second-order valence-electron chi connectivity index (χ2n) is 5.57. The van der Waals surface area contributed by atoms with E-state index in [1.165, 1.54) is 0 Å². The van der Waals surface area contributed by atoms with E-state index in [0.29, 0.717) is 18.9 Å². The van der Waals surface area contributed by atoms with E-state index in [2.05, 4.69) is 10.3 Å². The molecule has 0 spiro atoms. The molecule has 1 fully saturated rings. The van der Waals surface area contributed by atoms with Crippen LogP contribution in [-0.4, -0.2) is 24.5 Å². The molecule has 0 atom stereocenters. The molecular formula is C17H20N2O3. The first-order chi connectivity index (χ1) is 10.7. The summed E-state index contributed by atoms with van der Waals surface area (Å²) in [6.07, 6.45) is 2.73. The van der Waals surface area contributed by atoms with Gasteiger partial charge in [-0.3, -0.25) is 4.79 Å². The van der Waals surface area contributed by atoms with Crippen molar-refractivity contribution >= 4 is 5.91 Å². The number of ether oxygens (including phenoxy) is 1. The highest BCUT2D eigenvalue weighted by atomic mass is 16.5. The van der Waals surface area contributed by atoms with E-state index >= 15 is 0 Å². The fourth-order valence-corrected chi connectivity index (χ4v) is 2.31. The number of carbonyl (C=O) groups excluding carboxylic acids is 1. The highest BCUT2D eigenvalue weighted by molar-refractivity contribution is 5.80. The summed E-state index contributed by atoms with van der Waals surface area (Å²) in [5.41, 5.74) is 1.80. The zero-order chi connectivity index (χ0) is 15.5. The molecule has 116 valence electrons. The molecule has 0 saturated heterocycles. The largest absolute Gasteiger partial charge is 0.497 e. The van der Waals surface area contributed by atoms with E-state index < -0.39 is 0 Å². The molecule has 1 aliphatic rings. The molecule has 3 rings (SSSR count). The minimum absolute atomic E-state index is 0.163. The summed E-state index contributed by atoms with van der Waals surface area (Å²) in [7, 11) is 1.64. The van der Waals surface area contributed by atoms with Gasteiger partial charge in [0.2, 0.25) is 11.8 Å². The number of aryl methyl sites for hydroxylation is 1. The first-order valence-corrected chi connectivity index (χ1v) is 7.56. The lowest BCUT2D eigenvalue weighted by molar-refractivity contribution is -0.122. The molecule has 1 aliphatic carbocycles. The van der Waals surface area contributed by atoms with E-state index in [-0.39, 0.29) is 11.8 Å². The highest BCUT2D eigenvalue weighted by Crippen LogP contribution is 2.28. The van der Waals surface area contributed by atoms with Gasteiger partial charge in [0.25, 0.3) is 0 Å². The van der Waals surface area contributed by atoms with Gasteiger partial charge in [-0.25, -0.2) is 4.98 Å². The molecular weight excluding hydrogens is 280 g/mol. The zero-order valence-electron chi connectivity index (χ0n) is 12.9. The molecule has 1 heterocycles. The molecule has 1 aromatic carbocycles. The maximum atomic E-state index is 11.6. The van der Waals surface area contributed by atoms with Crippen LogP contribution >= 0.6 is 0 Å². The number of benzene rings is 1. The van der Waals surface area contributed by atoms with Crippen molar-refractivity contribution in [3.05, 3.63) is 35.7 Å². The van der Waals surface area contributed by atoms with Gasteiger partial charge >= 0.3 is 0 Å². The Morgan fingerprint density at radius 1 is 1.36 bits per heavy atom. The SMILES string of the molecule is COc1ccc(-c2nc(CCNC(=O)C3CC3)c(C)o2)cc1. The Hall–Kier alpha value is -2.30. The fourth-order valence-electron chi connectivity index (χ4n) is 2.31. The maximum Gasteiger partial charge on any atom is 0.226 e. The molecule has 22 heavy (non-hydrogen) atoms. The van der Waals surface area contributed by atoms with Gasteiger partial charge < -0.3 is 14.5 Å². The summed E-state index contributed by atoms with van der Waals surface area (Å²) in [5.74, 6) is 2.61. The van der Waals surface area contributed by atoms with Crippen molar-refractivity contribution in [3.8, 4) is 17.2 Å². The van der Waals surface area contributed by atoms with E-state index in [1.807, 2.05) is 31.2 Å². The van der Waals surface area contributed by atoms with E-state index in [4.69, 9.17) is 9.15 Å². The van der Waals surface area contributed by atoms with Crippen LogP contribution in [0.25, 0.3) is 11.5 Å². The second kappa shape index (κ2) is 6.22. The van der Waals surface area contributed by atoms with Crippen molar-refractivity contribution in [2.24, 2.45) is 5.92 Å². The number of nitrogens with one attached hydrogen (secondary N) is 1. The number of oxazole rings is 1. The van der Waals surface area contributed by atoms with Gasteiger partial charge in [0.05, 0.1) is 12.8 Å². The summed E-state index contributed by atoms with van der Waals surface area (Å²) in [6.45, 7) is 2.50. The number of hydrogen-bond donors (Lipinski definition) is 1. The lowest BCUT2D eigenvalue weighted by Crippen LogP contribution is -2.27. The van der Waals surface area contributed by atoms with Crippen LogP contribution in [0, 0.1) is 12.8 Å². The van der Waals surface area contributed by atoms with Crippen molar-refractivity contribution in [2.75, 3.05) is 13.7 Å². The molecule has 1 saturated carbocycles. The van der Waals surface area contributed by atoms with Crippen LogP contribution in [0.2, 0.25) is 0 Å². The maximum absolute atomic E-state index is 11.6. The van der Waals surface area contributed by atoms with Crippen molar-refractivity contribution in [1.29, 1.82) is 0 Å². The van der Waals surface area contributed by atoms with Crippen molar-refractivity contribution in [2.45, 2.75) is 26.2 Å². The topological polar surface area (TPSA) is 64.4 Å². The van der Waals surface area contributed by atoms with Gasteiger partial charge in [-0.15, -0.1) is 0 Å². The molecule has 1 N–H and O–H groups in total. The van der Waals surface area contributed by atoms with E-state index in [1.54, 1.807) is 7.11 Å². The molecule has 0 unspecified atom stereocenters. The first kappa shape index (κ1) is 14.6. The van der Waals surface area contributed by atoms with Crippen LogP contribution in [0.4, 0.5) is 0 Å². The average Bonchev–Trinajstić information content (AvgIpc) is 3.32. The van der Waals surface area contributed by atoms with Gasteiger partial charge in [-0.1, -0.05) is 0 Å². The zero-order valence-corrected chi connectivity index (χ0v) is 12.9. The van der Waals surface area contributed by atoms with Gasteiger partial charge in [0.1, 0.15) is 11.5 Å². The lowest BCUT2D eigenvalue weighted by Gasteiger charge is -2.02. The number of aromatic nitrogens is 1. The minimum Gasteiger partial charge on any atom is -0.497 e. The number of amides is 1. The highest BCUT2D eigenvalue weighted by Gasteiger charge is 2.29. The van der Waals surface area contributed by atoms with Gasteiger partial charge in [0.15, 0.2) is 0 Å². The summed E-state index contributed by atoms with van der Waals surface area (Å²) >= 11 is 0. The molecule has 1 amide bonds. The summed E-state index contributed by atoms with van der Waals surface area (Å²) in [6, 6.07) is 7.60. The normalized spacial score (nSPS) is 13.9. The van der Waals surface area contributed by atoms with Crippen LogP contribution in [0.1, 0.15) is 24.3 Å². The summed E-state index contributed by atoms with van der Waals surface area (Å²) in [5, 5.41) is 2.95. The van der Waals surface area contributed by atoms with Gasteiger partial charge in [0, 0.05) is 24.4 Å². The van der Waals surface area contributed by atoms with Crippen LogP contribution < -0.4 is 10.1 Å². The van der Waals surface area contributed by atoms with Crippen molar-refractivity contribution in [1.82, 2.24) is 10.3 Å². The van der Waals surface area contributed by atoms with Gasteiger partial charge in [-0.05, 0) is 44.0 Å². The Morgan fingerprint density at radius 2 is 2.09 bits per heavy atom. The standard InChI is InChI=1S/C17H20N2O3/c1-11-15(9-10-18-16(20)12-3-4-12)19-17(22-11)13-5-7-14(21-2)8-6-13/h5-8,12H,3-4,9-10H2,1-2H3,(H,18,20). The average molecular weight is 300 g/mol. The quantitative estimate of drug-likeness (QED) is 0.891. The Kier molecular flexibility index (Phi) is 4.13. The Bertz CT molecular complexity index is 657. The fraction of sp³-hybridized carbons (Fsp3) is 0.412. The number of hydrogen-bond acceptors (Lipinski definition) is 4. The van der Waals surface area contributed by atoms with Crippen LogP contribution in [0.3, 0.4) is 0 Å². The van der Waals surface area contributed by atoms with Crippen LogP contribution in [0.15, 0.2) is 28.7 Å². The third-order valence-electron chi connectivity index (χ3n) is 3.84. The molecule has 2 aromatic rings. The van der Waals surface area contributed by atoms with Crippen LogP contribution in [0.5, 0.6) is 5.75 Å². The van der Waals surface area contributed by atoms with Crippen molar-refractivity contribution < 1.29 is 13.9 Å².